The van der Waals surface area contributed by atoms with Crippen LogP contribution in [0.1, 0.15) is 27.7 Å². The molecule has 0 aromatic carbocycles. The third-order valence-corrected chi connectivity index (χ3v) is 7.53. The molecule has 0 fully saturated rings. The van der Waals surface area contributed by atoms with Gasteiger partial charge in [-0.05, 0) is 18.0 Å². The Hall–Kier alpha value is -0.0431. The molecule has 11 heavy (non-hydrogen) atoms. The van der Waals surface area contributed by atoms with Gasteiger partial charge in [-0.25, -0.2) is 0 Å². The van der Waals surface area contributed by atoms with Crippen molar-refractivity contribution in [1.29, 1.82) is 0 Å². The maximum Gasteiger partial charge on any atom is 0.0600 e. The van der Waals surface area contributed by atoms with Gasteiger partial charge in [-0.3, -0.25) is 0 Å². The summed E-state index contributed by atoms with van der Waals surface area (Å²) < 4.78 is 0. The first kappa shape index (κ1) is 11.0. The molecule has 0 aliphatic carbocycles. The Labute approximate surface area is 72.7 Å². The second-order valence-electron chi connectivity index (χ2n) is 4.66. The van der Waals surface area contributed by atoms with Crippen LogP contribution in [0, 0.1) is 6.04 Å². The first-order chi connectivity index (χ1) is 4.81. The van der Waals surface area contributed by atoms with Crippen molar-refractivity contribution in [2.45, 2.75) is 45.8 Å². The van der Waals surface area contributed by atoms with E-state index in [0.29, 0.717) is 5.04 Å². The van der Waals surface area contributed by atoms with E-state index in [1.807, 2.05) is 0 Å². The lowest BCUT2D eigenvalue weighted by molar-refractivity contribution is 0.725. The fourth-order valence-electron chi connectivity index (χ4n) is 0.587. The van der Waals surface area contributed by atoms with Crippen molar-refractivity contribution in [1.82, 2.24) is 0 Å². The molecular formula is C10H21Si. The lowest BCUT2D eigenvalue weighted by Gasteiger charge is -2.35. The van der Waals surface area contributed by atoms with Crippen molar-refractivity contribution in [2.75, 3.05) is 0 Å². The Morgan fingerprint density at radius 3 is 1.82 bits per heavy atom. The highest BCUT2D eigenvalue weighted by Crippen LogP contribution is 2.37. The highest BCUT2D eigenvalue weighted by Gasteiger charge is 2.33. The molecule has 1 radical (unpaired) electrons. The number of hydrogen-bond acceptors (Lipinski definition) is 0. The van der Waals surface area contributed by atoms with Gasteiger partial charge in [-0.2, -0.15) is 0 Å². The summed E-state index contributed by atoms with van der Waals surface area (Å²) in [5, 5.41) is 0.479. The Morgan fingerprint density at radius 2 is 1.55 bits per heavy atom. The molecule has 1 heteroatoms. The van der Waals surface area contributed by atoms with E-state index in [-0.39, 0.29) is 0 Å². The fraction of sp³-hybridized carbons (Fsp3) is 0.700. The predicted molar refractivity (Wildman–Crippen MR) is 56.3 cm³/mol. The van der Waals surface area contributed by atoms with Gasteiger partial charge in [-0.15, -0.1) is 0 Å². The molecule has 0 rings (SSSR count). The molecule has 0 saturated heterocycles. The minimum Gasteiger partial charge on any atom is -0.0917 e. The first-order valence-corrected chi connectivity index (χ1v) is 7.36. The Morgan fingerprint density at radius 1 is 1.09 bits per heavy atom. The van der Waals surface area contributed by atoms with Gasteiger partial charge in [0, 0.05) is 0 Å². The molecule has 0 nitrogen and oxygen atoms in total. The van der Waals surface area contributed by atoms with Crippen LogP contribution in [-0.2, 0) is 0 Å². The molecule has 65 valence electrons. The van der Waals surface area contributed by atoms with Crippen LogP contribution in [-0.4, -0.2) is 8.07 Å². The lowest BCUT2D eigenvalue weighted by Crippen LogP contribution is -2.37. The molecule has 0 amide bonds. The van der Waals surface area contributed by atoms with E-state index in [0.717, 1.165) is 0 Å². The van der Waals surface area contributed by atoms with Crippen LogP contribution in [0.25, 0.3) is 0 Å². The van der Waals surface area contributed by atoms with E-state index in [2.05, 4.69) is 59.0 Å². The second kappa shape index (κ2) is 3.57. The summed E-state index contributed by atoms with van der Waals surface area (Å²) in [6.07, 6.45) is 4.30. The average Bonchev–Trinajstić information content (AvgIpc) is 1.81. The Balaban J connectivity index is 4.22. The minimum atomic E-state index is -1.14. The molecule has 0 unspecified atom stereocenters. The summed E-state index contributed by atoms with van der Waals surface area (Å²) in [7, 11) is -1.14. The van der Waals surface area contributed by atoms with Crippen molar-refractivity contribution in [3.63, 3.8) is 0 Å². The van der Waals surface area contributed by atoms with Crippen LogP contribution >= 0.6 is 0 Å². The summed E-state index contributed by atoms with van der Waals surface area (Å²) in [5.74, 6) is 0. The van der Waals surface area contributed by atoms with Crippen LogP contribution in [0.4, 0.5) is 0 Å². The Bertz CT molecular complexity index is 137. The molecule has 0 aromatic rings. The predicted octanol–water partition coefficient (Wildman–Crippen LogP) is 3.81. The SMILES string of the molecule is C/C=C\[CH][Si](C)(C)C(C)(C)C. The van der Waals surface area contributed by atoms with Gasteiger partial charge in [0.15, 0.2) is 0 Å². The summed E-state index contributed by atoms with van der Waals surface area (Å²) in [4.78, 5) is 0. The van der Waals surface area contributed by atoms with Gasteiger partial charge in [0.05, 0.1) is 8.07 Å². The second-order valence-corrected chi connectivity index (χ2v) is 9.94. The van der Waals surface area contributed by atoms with Gasteiger partial charge >= 0.3 is 0 Å². The van der Waals surface area contributed by atoms with Crippen LogP contribution in [0.3, 0.4) is 0 Å². The maximum atomic E-state index is 2.41. The van der Waals surface area contributed by atoms with Crippen LogP contribution < -0.4 is 0 Å². The third kappa shape index (κ3) is 3.24. The molecular weight excluding hydrogens is 148 g/mol. The normalized spacial score (nSPS) is 14.4. The van der Waals surface area contributed by atoms with Crippen molar-refractivity contribution >= 4 is 8.07 Å². The van der Waals surface area contributed by atoms with Gasteiger partial charge in [0.2, 0.25) is 0 Å². The summed E-state index contributed by atoms with van der Waals surface area (Å²) >= 11 is 0. The van der Waals surface area contributed by atoms with Crippen molar-refractivity contribution in [3.05, 3.63) is 18.2 Å². The van der Waals surface area contributed by atoms with Gasteiger partial charge < -0.3 is 0 Å². The zero-order valence-electron chi connectivity index (χ0n) is 8.73. The standard InChI is InChI=1S/C10H21Si/c1-7-8-9-11(5,6)10(2,3)4/h7-9H,1-6H3/b8-7-. The van der Waals surface area contributed by atoms with E-state index in [1.165, 1.54) is 0 Å². The monoisotopic (exact) mass is 169 g/mol. The zero-order chi connectivity index (χ0) is 9.12. The molecule has 0 N–H and O–H groups in total. The molecule has 0 spiro atoms. The molecule has 0 aromatic heterocycles. The van der Waals surface area contributed by atoms with E-state index in [4.69, 9.17) is 0 Å². The summed E-state index contributed by atoms with van der Waals surface area (Å²) in [6, 6.07) is 2.41. The molecule has 0 aliphatic heterocycles. The highest BCUT2D eigenvalue weighted by molar-refractivity contribution is 6.83. The topological polar surface area (TPSA) is 0 Å². The molecule has 0 saturated carbocycles. The highest BCUT2D eigenvalue weighted by atomic mass is 28.3. The van der Waals surface area contributed by atoms with Crippen molar-refractivity contribution < 1.29 is 0 Å². The van der Waals surface area contributed by atoms with Crippen LogP contribution in [0.15, 0.2) is 12.2 Å². The largest absolute Gasteiger partial charge is 0.0917 e. The summed E-state index contributed by atoms with van der Waals surface area (Å²) in [5.41, 5.74) is 0. The number of hydrogen-bond donors (Lipinski definition) is 0. The Kier molecular flexibility index (Phi) is 3.56. The van der Waals surface area contributed by atoms with E-state index in [1.54, 1.807) is 0 Å². The third-order valence-electron chi connectivity index (χ3n) is 2.64. The molecule has 0 atom stereocenters. The van der Waals surface area contributed by atoms with Crippen molar-refractivity contribution in [3.8, 4) is 0 Å². The van der Waals surface area contributed by atoms with Gasteiger partial charge in [0.1, 0.15) is 0 Å². The van der Waals surface area contributed by atoms with E-state index < -0.39 is 8.07 Å². The lowest BCUT2D eigenvalue weighted by atomic mass is 10.2. The van der Waals surface area contributed by atoms with E-state index >= 15 is 0 Å². The average molecular weight is 169 g/mol. The van der Waals surface area contributed by atoms with Gasteiger partial charge in [-0.1, -0.05) is 46.0 Å². The quantitative estimate of drug-likeness (QED) is 0.551. The van der Waals surface area contributed by atoms with Crippen molar-refractivity contribution in [2.24, 2.45) is 0 Å². The first-order valence-electron chi connectivity index (χ1n) is 4.28. The van der Waals surface area contributed by atoms with Crippen LogP contribution in [0.5, 0.6) is 0 Å². The van der Waals surface area contributed by atoms with Gasteiger partial charge in [0.25, 0.3) is 0 Å². The maximum absolute atomic E-state index is 2.41. The minimum absolute atomic E-state index is 0.479. The molecule has 0 aliphatic rings. The fourth-order valence-corrected chi connectivity index (χ4v) is 1.76. The smallest absolute Gasteiger partial charge is 0.0600 e. The summed E-state index contributed by atoms with van der Waals surface area (Å²) in [6.45, 7) is 13.9. The molecule has 0 bridgehead atoms. The number of allylic oxidation sites excluding steroid dienone is 2. The van der Waals surface area contributed by atoms with Crippen LogP contribution in [0.2, 0.25) is 18.1 Å². The number of rotatable bonds is 2. The van der Waals surface area contributed by atoms with E-state index in [9.17, 15) is 0 Å². The zero-order valence-corrected chi connectivity index (χ0v) is 9.73. The molecule has 0 heterocycles.